The van der Waals surface area contributed by atoms with E-state index in [1.165, 1.54) is 25.9 Å². The van der Waals surface area contributed by atoms with E-state index in [2.05, 4.69) is 28.4 Å². The minimum Gasteiger partial charge on any atom is -0.344 e. The molecule has 0 radical (unpaired) electrons. The Morgan fingerprint density at radius 1 is 1.39 bits per heavy atom. The van der Waals surface area contributed by atoms with Gasteiger partial charge in [-0.2, -0.15) is 0 Å². The van der Waals surface area contributed by atoms with Crippen LogP contribution in [0, 0.1) is 18.3 Å². The predicted molar refractivity (Wildman–Crippen MR) is 74.1 cm³/mol. The van der Waals surface area contributed by atoms with Crippen molar-refractivity contribution in [1.29, 1.82) is 0 Å². The van der Waals surface area contributed by atoms with Gasteiger partial charge in [-0.25, -0.2) is 0 Å². The molecular weight excluding hydrogens is 226 g/mol. The standard InChI is InChI=1S/C14H25N3O/c1-4-7-15-14(18)13(3)16-10-12(2)11-17-8-5-6-9-17/h1,12-13,16H,5-11H2,2-3H3,(H,15,18). The van der Waals surface area contributed by atoms with Crippen LogP contribution in [0.2, 0.25) is 0 Å². The Kier molecular flexibility index (Phi) is 6.77. The van der Waals surface area contributed by atoms with Crippen molar-refractivity contribution in [1.82, 2.24) is 15.5 Å². The Bertz CT molecular complexity index is 292. The lowest BCUT2D eigenvalue weighted by Gasteiger charge is -2.22. The summed E-state index contributed by atoms with van der Waals surface area (Å²) < 4.78 is 0. The van der Waals surface area contributed by atoms with Crippen molar-refractivity contribution in [2.24, 2.45) is 5.92 Å². The predicted octanol–water partition coefficient (Wildman–Crippen LogP) is 0.446. The molecule has 0 spiro atoms. The zero-order chi connectivity index (χ0) is 13.4. The Balaban J connectivity index is 2.14. The first-order valence-electron chi connectivity index (χ1n) is 6.80. The summed E-state index contributed by atoms with van der Waals surface area (Å²) in [7, 11) is 0. The molecule has 2 unspecified atom stereocenters. The van der Waals surface area contributed by atoms with Crippen LogP contribution < -0.4 is 10.6 Å². The van der Waals surface area contributed by atoms with Gasteiger partial charge in [-0.3, -0.25) is 4.79 Å². The molecule has 1 aliphatic heterocycles. The third-order valence-electron chi connectivity index (χ3n) is 3.30. The van der Waals surface area contributed by atoms with Crippen LogP contribution in [0.3, 0.4) is 0 Å². The number of likely N-dealkylation sites (tertiary alicyclic amines) is 1. The summed E-state index contributed by atoms with van der Waals surface area (Å²) >= 11 is 0. The maximum absolute atomic E-state index is 11.6. The van der Waals surface area contributed by atoms with Gasteiger partial charge >= 0.3 is 0 Å². The minimum atomic E-state index is -0.181. The van der Waals surface area contributed by atoms with Crippen LogP contribution in [-0.2, 0) is 4.79 Å². The summed E-state index contributed by atoms with van der Waals surface area (Å²) in [6.07, 6.45) is 7.75. The van der Waals surface area contributed by atoms with Crippen LogP contribution in [0.15, 0.2) is 0 Å². The monoisotopic (exact) mass is 251 g/mol. The molecule has 0 aromatic rings. The molecule has 0 saturated carbocycles. The first-order valence-corrected chi connectivity index (χ1v) is 6.80. The number of terminal acetylenes is 1. The Hall–Kier alpha value is -1.05. The van der Waals surface area contributed by atoms with Crippen molar-refractivity contribution in [3.8, 4) is 12.3 Å². The van der Waals surface area contributed by atoms with E-state index in [-0.39, 0.29) is 11.9 Å². The average molecular weight is 251 g/mol. The number of rotatable bonds is 7. The maximum atomic E-state index is 11.6. The molecule has 1 fully saturated rings. The lowest BCUT2D eigenvalue weighted by atomic mass is 10.1. The van der Waals surface area contributed by atoms with Crippen LogP contribution in [0.25, 0.3) is 0 Å². The molecule has 1 amide bonds. The molecule has 1 rings (SSSR count). The van der Waals surface area contributed by atoms with Gasteiger partial charge in [0.1, 0.15) is 0 Å². The second-order valence-electron chi connectivity index (χ2n) is 5.16. The van der Waals surface area contributed by atoms with Crippen molar-refractivity contribution in [3.05, 3.63) is 0 Å². The van der Waals surface area contributed by atoms with Gasteiger partial charge in [-0.05, 0) is 45.3 Å². The highest BCUT2D eigenvalue weighted by Crippen LogP contribution is 2.09. The van der Waals surface area contributed by atoms with E-state index in [1.54, 1.807) is 0 Å². The van der Waals surface area contributed by atoms with Crippen LogP contribution in [0.4, 0.5) is 0 Å². The molecule has 18 heavy (non-hydrogen) atoms. The van der Waals surface area contributed by atoms with Gasteiger partial charge in [-0.1, -0.05) is 12.8 Å². The van der Waals surface area contributed by atoms with Gasteiger partial charge in [0.15, 0.2) is 0 Å². The van der Waals surface area contributed by atoms with E-state index >= 15 is 0 Å². The Labute approximate surface area is 110 Å². The lowest BCUT2D eigenvalue weighted by Crippen LogP contribution is -2.44. The molecule has 1 aliphatic rings. The summed E-state index contributed by atoms with van der Waals surface area (Å²) in [5, 5.41) is 5.94. The average Bonchev–Trinajstić information content (AvgIpc) is 2.85. The number of hydrogen-bond donors (Lipinski definition) is 2. The molecule has 4 nitrogen and oxygen atoms in total. The molecule has 0 aromatic heterocycles. The maximum Gasteiger partial charge on any atom is 0.237 e. The first-order chi connectivity index (χ1) is 8.63. The van der Waals surface area contributed by atoms with Crippen LogP contribution in [0.1, 0.15) is 26.7 Å². The second-order valence-corrected chi connectivity index (χ2v) is 5.16. The van der Waals surface area contributed by atoms with E-state index in [0.29, 0.717) is 12.5 Å². The van der Waals surface area contributed by atoms with Crippen molar-refractivity contribution < 1.29 is 4.79 Å². The zero-order valence-corrected chi connectivity index (χ0v) is 11.5. The molecule has 1 heterocycles. The number of carbonyl (C=O) groups excluding carboxylic acids is 1. The summed E-state index contributed by atoms with van der Waals surface area (Å²) in [6, 6.07) is -0.181. The first kappa shape index (κ1) is 15.0. The van der Waals surface area contributed by atoms with Crippen LogP contribution in [0.5, 0.6) is 0 Å². The SMILES string of the molecule is C#CCNC(=O)C(C)NCC(C)CN1CCCC1. The van der Waals surface area contributed by atoms with Crippen molar-refractivity contribution in [3.63, 3.8) is 0 Å². The lowest BCUT2D eigenvalue weighted by molar-refractivity contribution is -0.122. The van der Waals surface area contributed by atoms with Gasteiger partial charge in [0.25, 0.3) is 0 Å². The molecule has 0 aromatic carbocycles. The van der Waals surface area contributed by atoms with E-state index in [1.807, 2.05) is 6.92 Å². The van der Waals surface area contributed by atoms with E-state index in [9.17, 15) is 4.79 Å². The zero-order valence-electron chi connectivity index (χ0n) is 11.5. The molecule has 0 aliphatic carbocycles. The number of nitrogens with one attached hydrogen (secondary N) is 2. The quantitative estimate of drug-likeness (QED) is 0.646. The fraction of sp³-hybridized carbons (Fsp3) is 0.786. The van der Waals surface area contributed by atoms with E-state index in [4.69, 9.17) is 6.42 Å². The molecule has 2 atom stereocenters. The fourth-order valence-electron chi connectivity index (χ4n) is 2.23. The van der Waals surface area contributed by atoms with Crippen LogP contribution >= 0.6 is 0 Å². The third-order valence-corrected chi connectivity index (χ3v) is 3.30. The second kappa shape index (κ2) is 8.12. The number of carbonyl (C=O) groups is 1. The molecule has 1 saturated heterocycles. The Morgan fingerprint density at radius 3 is 2.67 bits per heavy atom. The molecule has 0 bridgehead atoms. The van der Waals surface area contributed by atoms with Crippen LogP contribution in [-0.4, -0.2) is 49.6 Å². The summed E-state index contributed by atoms with van der Waals surface area (Å²) in [4.78, 5) is 14.1. The highest BCUT2D eigenvalue weighted by molar-refractivity contribution is 5.81. The normalized spacial score (nSPS) is 19.2. The smallest absolute Gasteiger partial charge is 0.237 e. The fourth-order valence-corrected chi connectivity index (χ4v) is 2.23. The topological polar surface area (TPSA) is 44.4 Å². The van der Waals surface area contributed by atoms with E-state index in [0.717, 1.165) is 13.1 Å². The Morgan fingerprint density at radius 2 is 2.06 bits per heavy atom. The number of amides is 1. The van der Waals surface area contributed by atoms with Crippen molar-refractivity contribution in [2.75, 3.05) is 32.7 Å². The largest absolute Gasteiger partial charge is 0.344 e. The van der Waals surface area contributed by atoms with Gasteiger partial charge < -0.3 is 15.5 Å². The highest BCUT2D eigenvalue weighted by atomic mass is 16.2. The summed E-state index contributed by atoms with van der Waals surface area (Å²) in [5.74, 6) is 2.93. The minimum absolute atomic E-state index is 0.0266. The molecule has 2 N–H and O–H groups in total. The van der Waals surface area contributed by atoms with Gasteiger partial charge in [0.2, 0.25) is 5.91 Å². The van der Waals surface area contributed by atoms with E-state index < -0.39 is 0 Å². The van der Waals surface area contributed by atoms with Crippen molar-refractivity contribution >= 4 is 5.91 Å². The summed E-state index contributed by atoms with van der Waals surface area (Å²) in [5.41, 5.74) is 0. The summed E-state index contributed by atoms with van der Waals surface area (Å²) in [6.45, 7) is 8.82. The molecule has 4 heteroatoms. The van der Waals surface area contributed by atoms with Gasteiger partial charge in [0, 0.05) is 6.54 Å². The highest BCUT2D eigenvalue weighted by Gasteiger charge is 2.16. The number of nitrogens with zero attached hydrogens (tertiary/aromatic N) is 1. The van der Waals surface area contributed by atoms with Crippen molar-refractivity contribution in [2.45, 2.75) is 32.7 Å². The van der Waals surface area contributed by atoms with Gasteiger partial charge in [-0.15, -0.1) is 6.42 Å². The van der Waals surface area contributed by atoms with Gasteiger partial charge in [0.05, 0.1) is 12.6 Å². The third kappa shape index (κ3) is 5.52. The molecular formula is C14H25N3O. The number of hydrogen-bond acceptors (Lipinski definition) is 3. The molecule has 102 valence electrons.